The van der Waals surface area contributed by atoms with E-state index in [2.05, 4.69) is 34.1 Å². The number of aromatic nitrogens is 4. The lowest BCUT2D eigenvalue weighted by Crippen LogP contribution is -1.98. The van der Waals surface area contributed by atoms with Crippen LogP contribution >= 0.6 is 0 Å². The minimum absolute atomic E-state index is 0.580. The SMILES string of the molecule is Cc1cccc(-c2c(-c3ncccn3)nn(C)c2N)c1. The van der Waals surface area contributed by atoms with E-state index in [0.717, 1.165) is 11.1 Å². The zero-order chi connectivity index (χ0) is 14.1. The number of rotatable bonds is 2. The molecule has 3 aromatic rings. The maximum atomic E-state index is 6.17. The summed E-state index contributed by atoms with van der Waals surface area (Å²) in [5, 5.41) is 4.45. The molecule has 2 aromatic heterocycles. The Hall–Kier alpha value is -2.69. The van der Waals surface area contributed by atoms with E-state index in [1.807, 2.05) is 19.2 Å². The van der Waals surface area contributed by atoms with Crippen molar-refractivity contribution >= 4 is 5.82 Å². The molecule has 0 bridgehead atoms. The minimum Gasteiger partial charge on any atom is -0.383 e. The van der Waals surface area contributed by atoms with E-state index in [1.165, 1.54) is 5.56 Å². The van der Waals surface area contributed by atoms with E-state index in [-0.39, 0.29) is 0 Å². The summed E-state index contributed by atoms with van der Waals surface area (Å²) in [4.78, 5) is 8.54. The van der Waals surface area contributed by atoms with Gasteiger partial charge in [0.1, 0.15) is 11.5 Å². The molecule has 3 rings (SSSR count). The first-order chi connectivity index (χ1) is 9.66. The summed E-state index contributed by atoms with van der Waals surface area (Å²) in [5.41, 5.74) is 9.95. The molecule has 0 unspecified atom stereocenters. The number of nitrogens with two attached hydrogens (primary N) is 1. The Morgan fingerprint density at radius 2 is 1.85 bits per heavy atom. The van der Waals surface area contributed by atoms with E-state index in [4.69, 9.17) is 5.73 Å². The van der Waals surface area contributed by atoms with Crippen LogP contribution in [0.25, 0.3) is 22.6 Å². The largest absolute Gasteiger partial charge is 0.383 e. The van der Waals surface area contributed by atoms with Crippen molar-refractivity contribution in [2.45, 2.75) is 6.92 Å². The first-order valence-corrected chi connectivity index (χ1v) is 6.33. The van der Waals surface area contributed by atoms with Crippen LogP contribution in [0.2, 0.25) is 0 Å². The molecule has 5 nitrogen and oxygen atoms in total. The van der Waals surface area contributed by atoms with Crippen molar-refractivity contribution in [1.29, 1.82) is 0 Å². The van der Waals surface area contributed by atoms with E-state index in [0.29, 0.717) is 17.3 Å². The Morgan fingerprint density at radius 3 is 2.55 bits per heavy atom. The van der Waals surface area contributed by atoms with Gasteiger partial charge in [0.05, 0.1) is 5.56 Å². The number of aryl methyl sites for hydroxylation is 2. The molecule has 0 saturated carbocycles. The second kappa shape index (κ2) is 4.77. The third-order valence-electron chi connectivity index (χ3n) is 3.18. The standard InChI is InChI=1S/C15H15N5/c1-10-5-3-6-11(9-10)12-13(19-20(2)14(12)16)15-17-7-4-8-18-15/h3-9H,16H2,1-2H3. The van der Waals surface area contributed by atoms with Crippen LogP contribution in [0.5, 0.6) is 0 Å². The van der Waals surface area contributed by atoms with Crippen molar-refractivity contribution in [3.05, 3.63) is 48.3 Å². The molecule has 100 valence electrons. The van der Waals surface area contributed by atoms with Gasteiger partial charge < -0.3 is 5.73 Å². The van der Waals surface area contributed by atoms with Gasteiger partial charge in [-0.2, -0.15) is 5.10 Å². The highest BCUT2D eigenvalue weighted by atomic mass is 15.3. The zero-order valence-corrected chi connectivity index (χ0v) is 11.4. The zero-order valence-electron chi connectivity index (χ0n) is 11.4. The lowest BCUT2D eigenvalue weighted by atomic mass is 10.0. The monoisotopic (exact) mass is 265 g/mol. The summed E-state index contributed by atoms with van der Waals surface area (Å²) in [5.74, 6) is 1.19. The first-order valence-electron chi connectivity index (χ1n) is 6.33. The Kier molecular flexibility index (Phi) is 2.95. The van der Waals surface area contributed by atoms with Gasteiger partial charge in [0.15, 0.2) is 5.82 Å². The van der Waals surface area contributed by atoms with Crippen LogP contribution in [0.3, 0.4) is 0 Å². The summed E-state index contributed by atoms with van der Waals surface area (Å²) in [7, 11) is 1.82. The number of hydrogen-bond acceptors (Lipinski definition) is 4. The Morgan fingerprint density at radius 1 is 1.10 bits per heavy atom. The van der Waals surface area contributed by atoms with Gasteiger partial charge in [-0.3, -0.25) is 4.68 Å². The topological polar surface area (TPSA) is 69.6 Å². The molecule has 0 aliphatic heterocycles. The first kappa shape index (κ1) is 12.3. The van der Waals surface area contributed by atoms with Crippen molar-refractivity contribution < 1.29 is 0 Å². The Bertz CT molecular complexity index is 746. The van der Waals surface area contributed by atoms with E-state index >= 15 is 0 Å². The maximum Gasteiger partial charge on any atom is 0.180 e. The summed E-state index contributed by atoms with van der Waals surface area (Å²) < 4.78 is 1.66. The molecular weight excluding hydrogens is 250 g/mol. The van der Waals surface area contributed by atoms with Gasteiger partial charge in [-0.05, 0) is 18.6 Å². The predicted molar refractivity (Wildman–Crippen MR) is 78.8 cm³/mol. The molecule has 0 atom stereocenters. The molecule has 0 amide bonds. The molecule has 0 spiro atoms. The highest BCUT2D eigenvalue weighted by Crippen LogP contribution is 2.34. The van der Waals surface area contributed by atoms with Crippen LogP contribution in [0.1, 0.15) is 5.56 Å². The number of hydrogen-bond donors (Lipinski definition) is 1. The smallest absolute Gasteiger partial charge is 0.180 e. The van der Waals surface area contributed by atoms with E-state index in [9.17, 15) is 0 Å². The van der Waals surface area contributed by atoms with Gasteiger partial charge in [0.2, 0.25) is 0 Å². The fourth-order valence-electron chi connectivity index (χ4n) is 2.20. The fourth-order valence-corrected chi connectivity index (χ4v) is 2.20. The highest BCUT2D eigenvalue weighted by molar-refractivity contribution is 5.86. The molecule has 2 N–H and O–H groups in total. The number of nitrogens with zero attached hydrogens (tertiary/aromatic N) is 4. The quantitative estimate of drug-likeness (QED) is 0.772. The molecule has 0 fully saturated rings. The van der Waals surface area contributed by atoms with Gasteiger partial charge in [-0.1, -0.05) is 29.8 Å². The third-order valence-corrected chi connectivity index (χ3v) is 3.18. The molecule has 0 aliphatic rings. The van der Waals surface area contributed by atoms with Crippen molar-refractivity contribution in [3.8, 4) is 22.6 Å². The predicted octanol–water partition coefficient (Wildman–Crippen LogP) is 2.43. The molecule has 1 aromatic carbocycles. The number of benzene rings is 1. The molecule has 0 saturated heterocycles. The maximum absolute atomic E-state index is 6.17. The van der Waals surface area contributed by atoms with Crippen molar-refractivity contribution in [1.82, 2.24) is 19.7 Å². The summed E-state index contributed by atoms with van der Waals surface area (Å²) >= 11 is 0. The van der Waals surface area contributed by atoms with E-state index in [1.54, 1.807) is 23.1 Å². The number of anilines is 1. The van der Waals surface area contributed by atoms with Crippen molar-refractivity contribution in [2.75, 3.05) is 5.73 Å². The van der Waals surface area contributed by atoms with Crippen LogP contribution < -0.4 is 5.73 Å². The highest BCUT2D eigenvalue weighted by Gasteiger charge is 2.18. The normalized spacial score (nSPS) is 10.7. The molecule has 2 heterocycles. The second-order valence-electron chi connectivity index (χ2n) is 4.67. The van der Waals surface area contributed by atoms with Gasteiger partial charge in [0.25, 0.3) is 0 Å². The number of nitrogen functional groups attached to an aromatic ring is 1. The average molecular weight is 265 g/mol. The minimum atomic E-state index is 0.580. The lowest BCUT2D eigenvalue weighted by molar-refractivity contribution is 0.780. The van der Waals surface area contributed by atoms with Crippen molar-refractivity contribution in [3.63, 3.8) is 0 Å². The van der Waals surface area contributed by atoms with Crippen LogP contribution in [0, 0.1) is 6.92 Å². The van der Waals surface area contributed by atoms with Crippen LogP contribution in [0.4, 0.5) is 5.82 Å². The van der Waals surface area contributed by atoms with E-state index < -0.39 is 0 Å². The molecule has 5 heteroatoms. The summed E-state index contributed by atoms with van der Waals surface area (Å²) in [6, 6.07) is 9.94. The summed E-state index contributed by atoms with van der Waals surface area (Å²) in [6.07, 6.45) is 3.40. The third kappa shape index (κ3) is 2.03. The molecule has 0 aliphatic carbocycles. The molecule has 20 heavy (non-hydrogen) atoms. The van der Waals surface area contributed by atoms with Gasteiger partial charge >= 0.3 is 0 Å². The van der Waals surface area contributed by atoms with Crippen molar-refractivity contribution in [2.24, 2.45) is 7.05 Å². The second-order valence-corrected chi connectivity index (χ2v) is 4.67. The molecule has 0 radical (unpaired) electrons. The average Bonchev–Trinajstić information content (AvgIpc) is 2.76. The van der Waals surface area contributed by atoms with Gasteiger partial charge in [0, 0.05) is 19.4 Å². The lowest BCUT2D eigenvalue weighted by Gasteiger charge is -2.04. The fraction of sp³-hybridized carbons (Fsp3) is 0.133. The van der Waals surface area contributed by atoms with Gasteiger partial charge in [-0.25, -0.2) is 9.97 Å². The van der Waals surface area contributed by atoms with Crippen LogP contribution in [0.15, 0.2) is 42.7 Å². The van der Waals surface area contributed by atoms with Crippen LogP contribution in [-0.2, 0) is 7.05 Å². The van der Waals surface area contributed by atoms with Gasteiger partial charge in [-0.15, -0.1) is 0 Å². The Balaban J connectivity index is 2.25. The summed E-state index contributed by atoms with van der Waals surface area (Å²) in [6.45, 7) is 2.05. The van der Waals surface area contributed by atoms with Crippen LogP contribution in [-0.4, -0.2) is 19.7 Å². The molecular formula is C15H15N5. The Labute approximate surface area is 117 Å².